The molecule has 2 fully saturated rings. The standard InChI is InChI=1S/C17H20N4O2S/c1-17-8-7-15(22)21(17)13(10-24-17)16(23)18-9-14-19-11-5-3-4-6-12(11)20(14)2/h3-6,13H,7-10H2,1-2H3,(H,18,23). The van der Waals surface area contributed by atoms with Crippen LogP contribution in [0.25, 0.3) is 11.0 Å². The third-order valence-electron chi connectivity index (χ3n) is 5.05. The molecule has 2 aliphatic rings. The van der Waals surface area contributed by atoms with Gasteiger partial charge in [-0.05, 0) is 25.5 Å². The zero-order valence-electron chi connectivity index (χ0n) is 13.8. The Morgan fingerprint density at radius 3 is 3.04 bits per heavy atom. The molecule has 1 N–H and O–H groups in total. The van der Waals surface area contributed by atoms with Crippen LogP contribution in [0.15, 0.2) is 24.3 Å². The number of benzene rings is 1. The van der Waals surface area contributed by atoms with Gasteiger partial charge in [-0.3, -0.25) is 9.59 Å². The van der Waals surface area contributed by atoms with Crippen LogP contribution in [0.5, 0.6) is 0 Å². The van der Waals surface area contributed by atoms with E-state index in [1.807, 2.05) is 35.9 Å². The number of carbonyl (C=O) groups is 2. The molecule has 2 aliphatic heterocycles. The summed E-state index contributed by atoms with van der Waals surface area (Å²) in [4.78, 5) is 30.9. The Kier molecular flexibility index (Phi) is 3.56. The SMILES string of the molecule is Cn1c(CNC(=O)C2CSC3(C)CCC(=O)N23)nc2ccccc21. The fourth-order valence-electron chi connectivity index (χ4n) is 3.65. The Hall–Kier alpha value is -2.02. The van der Waals surface area contributed by atoms with Crippen molar-refractivity contribution >= 4 is 34.6 Å². The molecule has 0 aliphatic carbocycles. The van der Waals surface area contributed by atoms with Crippen molar-refractivity contribution in [1.29, 1.82) is 0 Å². The highest BCUT2D eigenvalue weighted by molar-refractivity contribution is 8.01. The number of fused-ring (bicyclic) bond motifs is 2. The minimum absolute atomic E-state index is 0.0883. The highest BCUT2D eigenvalue weighted by Gasteiger charge is 2.52. The van der Waals surface area contributed by atoms with Crippen LogP contribution in [-0.4, -0.2) is 42.9 Å². The van der Waals surface area contributed by atoms with Crippen molar-refractivity contribution in [2.75, 3.05) is 5.75 Å². The van der Waals surface area contributed by atoms with Gasteiger partial charge in [0.2, 0.25) is 11.8 Å². The topological polar surface area (TPSA) is 67.2 Å². The molecule has 3 heterocycles. The van der Waals surface area contributed by atoms with Crippen molar-refractivity contribution in [3.8, 4) is 0 Å². The van der Waals surface area contributed by atoms with Crippen LogP contribution in [0.3, 0.4) is 0 Å². The lowest BCUT2D eigenvalue weighted by atomic mass is 10.2. The largest absolute Gasteiger partial charge is 0.347 e. The Labute approximate surface area is 144 Å². The average Bonchev–Trinajstić information content (AvgIpc) is 3.18. The van der Waals surface area contributed by atoms with Crippen LogP contribution >= 0.6 is 11.8 Å². The third kappa shape index (κ3) is 2.30. The molecule has 0 spiro atoms. The average molecular weight is 344 g/mol. The number of imidazole rings is 1. The molecule has 2 amide bonds. The van der Waals surface area contributed by atoms with Crippen LogP contribution in [0.2, 0.25) is 0 Å². The summed E-state index contributed by atoms with van der Waals surface area (Å²) in [5.74, 6) is 1.47. The maximum absolute atomic E-state index is 12.6. The lowest BCUT2D eigenvalue weighted by molar-refractivity contribution is -0.138. The molecule has 4 rings (SSSR count). The molecule has 2 unspecified atom stereocenters. The first-order valence-corrected chi connectivity index (χ1v) is 9.12. The second-order valence-corrected chi connectivity index (χ2v) is 8.06. The third-order valence-corrected chi connectivity index (χ3v) is 6.55. The smallest absolute Gasteiger partial charge is 0.244 e. The molecule has 126 valence electrons. The number of para-hydroxylation sites is 2. The normalized spacial score (nSPS) is 26.2. The van der Waals surface area contributed by atoms with Crippen molar-refractivity contribution in [2.45, 2.75) is 37.2 Å². The predicted molar refractivity (Wildman–Crippen MR) is 93.3 cm³/mol. The fourth-order valence-corrected chi connectivity index (χ4v) is 5.08. The van der Waals surface area contributed by atoms with Gasteiger partial charge in [0, 0.05) is 19.2 Å². The van der Waals surface area contributed by atoms with Crippen LogP contribution < -0.4 is 5.32 Å². The van der Waals surface area contributed by atoms with Gasteiger partial charge in [0.15, 0.2) is 0 Å². The Morgan fingerprint density at radius 1 is 1.46 bits per heavy atom. The summed E-state index contributed by atoms with van der Waals surface area (Å²) in [7, 11) is 1.95. The number of aromatic nitrogens is 2. The molecular formula is C17H20N4O2S. The zero-order chi connectivity index (χ0) is 16.9. The zero-order valence-corrected chi connectivity index (χ0v) is 14.6. The summed E-state index contributed by atoms with van der Waals surface area (Å²) in [5.41, 5.74) is 1.96. The minimum Gasteiger partial charge on any atom is -0.347 e. The predicted octanol–water partition coefficient (Wildman–Crippen LogP) is 1.64. The maximum atomic E-state index is 12.6. The van der Waals surface area contributed by atoms with E-state index in [1.54, 1.807) is 16.7 Å². The first-order chi connectivity index (χ1) is 11.5. The fraction of sp³-hybridized carbons (Fsp3) is 0.471. The second-order valence-electron chi connectivity index (χ2n) is 6.56. The summed E-state index contributed by atoms with van der Waals surface area (Å²) in [5, 5.41) is 2.96. The first-order valence-electron chi connectivity index (χ1n) is 8.14. The Morgan fingerprint density at radius 2 is 2.25 bits per heavy atom. The van der Waals surface area contributed by atoms with E-state index in [0.29, 0.717) is 18.7 Å². The van der Waals surface area contributed by atoms with Crippen LogP contribution in [0, 0.1) is 0 Å². The van der Waals surface area contributed by atoms with Gasteiger partial charge in [0.25, 0.3) is 0 Å². The van der Waals surface area contributed by atoms with E-state index in [-0.39, 0.29) is 22.7 Å². The summed E-state index contributed by atoms with van der Waals surface area (Å²) in [6.45, 7) is 2.42. The van der Waals surface area contributed by atoms with Gasteiger partial charge in [-0.2, -0.15) is 0 Å². The van der Waals surface area contributed by atoms with Gasteiger partial charge < -0.3 is 14.8 Å². The van der Waals surface area contributed by atoms with Gasteiger partial charge in [-0.15, -0.1) is 11.8 Å². The molecule has 7 heteroatoms. The molecule has 0 saturated carbocycles. The van der Waals surface area contributed by atoms with Gasteiger partial charge in [0.1, 0.15) is 11.9 Å². The molecule has 2 saturated heterocycles. The number of rotatable bonds is 3. The number of nitrogens with one attached hydrogen (secondary N) is 1. The van der Waals surface area contributed by atoms with Gasteiger partial charge in [0.05, 0.1) is 22.4 Å². The van der Waals surface area contributed by atoms with Crippen molar-refractivity contribution in [3.05, 3.63) is 30.1 Å². The second kappa shape index (κ2) is 5.51. The summed E-state index contributed by atoms with van der Waals surface area (Å²) in [6, 6.07) is 7.53. The first kappa shape index (κ1) is 15.5. The highest BCUT2D eigenvalue weighted by Crippen LogP contribution is 2.47. The van der Waals surface area contributed by atoms with E-state index in [4.69, 9.17) is 0 Å². The van der Waals surface area contributed by atoms with E-state index in [0.717, 1.165) is 23.3 Å². The maximum Gasteiger partial charge on any atom is 0.244 e. The molecule has 6 nitrogen and oxygen atoms in total. The number of carbonyl (C=O) groups excluding carboxylic acids is 2. The van der Waals surface area contributed by atoms with Crippen molar-refractivity contribution in [3.63, 3.8) is 0 Å². The number of thioether (sulfide) groups is 1. The number of nitrogens with zero attached hydrogens (tertiary/aromatic N) is 3. The number of hydrogen-bond donors (Lipinski definition) is 1. The summed E-state index contributed by atoms with van der Waals surface area (Å²) < 4.78 is 1.99. The van der Waals surface area contributed by atoms with E-state index < -0.39 is 0 Å². The molecule has 0 radical (unpaired) electrons. The molecule has 1 aromatic carbocycles. The molecule has 2 atom stereocenters. The quantitative estimate of drug-likeness (QED) is 0.919. The number of amides is 2. The lowest BCUT2D eigenvalue weighted by Gasteiger charge is -2.29. The molecule has 0 bridgehead atoms. The molecular weight excluding hydrogens is 324 g/mol. The van der Waals surface area contributed by atoms with Crippen molar-refractivity contribution in [1.82, 2.24) is 19.8 Å². The van der Waals surface area contributed by atoms with Crippen LogP contribution in [-0.2, 0) is 23.2 Å². The van der Waals surface area contributed by atoms with E-state index in [2.05, 4.69) is 17.2 Å². The number of hydrogen-bond acceptors (Lipinski definition) is 4. The molecule has 24 heavy (non-hydrogen) atoms. The van der Waals surface area contributed by atoms with Gasteiger partial charge >= 0.3 is 0 Å². The van der Waals surface area contributed by atoms with Crippen molar-refractivity contribution in [2.24, 2.45) is 7.05 Å². The summed E-state index contributed by atoms with van der Waals surface area (Å²) >= 11 is 1.71. The lowest BCUT2D eigenvalue weighted by Crippen LogP contribution is -2.50. The van der Waals surface area contributed by atoms with Crippen LogP contribution in [0.4, 0.5) is 0 Å². The molecule has 1 aromatic heterocycles. The van der Waals surface area contributed by atoms with Crippen molar-refractivity contribution < 1.29 is 9.59 Å². The van der Waals surface area contributed by atoms with Gasteiger partial charge in [-0.1, -0.05) is 12.1 Å². The van der Waals surface area contributed by atoms with E-state index in [9.17, 15) is 9.59 Å². The molecule has 2 aromatic rings. The van der Waals surface area contributed by atoms with Crippen LogP contribution in [0.1, 0.15) is 25.6 Å². The van der Waals surface area contributed by atoms with E-state index >= 15 is 0 Å². The Balaban J connectivity index is 1.48. The monoisotopic (exact) mass is 344 g/mol. The number of aryl methyl sites for hydroxylation is 1. The minimum atomic E-state index is -0.371. The summed E-state index contributed by atoms with van der Waals surface area (Å²) in [6.07, 6.45) is 1.36. The van der Waals surface area contributed by atoms with E-state index in [1.165, 1.54) is 0 Å². The Bertz CT molecular complexity index is 833. The highest BCUT2D eigenvalue weighted by atomic mass is 32.2. The van der Waals surface area contributed by atoms with Gasteiger partial charge in [-0.25, -0.2) is 4.98 Å².